The number of benzene rings is 2. The fraction of sp³-hybridized carbons (Fsp3) is 0.346. The average Bonchev–Trinajstić information content (AvgIpc) is 3.24. The number of rotatable bonds is 3. The monoisotopic (exact) mass is 466 g/mol. The zero-order chi connectivity index (χ0) is 24.9. The molecule has 2 aromatic rings. The number of carbonyl (C=O) groups is 3. The minimum atomic E-state index is -0.944. The number of nitrogens with one attached hydrogen (secondary N) is 1. The van der Waals surface area contributed by atoms with E-state index in [0.717, 1.165) is 28.9 Å². The Labute approximate surface area is 199 Å². The van der Waals surface area contributed by atoms with Gasteiger partial charge in [0.05, 0.1) is 25.0 Å². The van der Waals surface area contributed by atoms with E-state index >= 15 is 0 Å². The number of nitrogens with zero attached hydrogens (tertiary/aromatic N) is 1. The van der Waals surface area contributed by atoms with Crippen molar-refractivity contribution in [2.75, 3.05) is 18.6 Å². The maximum absolute atomic E-state index is 13.0. The fourth-order valence-electron chi connectivity index (χ4n) is 3.62. The highest BCUT2D eigenvalue weighted by atomic mass is 16.6. The molecule has 8 nitrogen and oxygen atoms in total. The average molecular weight is 467 g/mol. The largest absolute Gasteiger partial charge is 0.497 e. The number of hydrogen-bond acceptors (Lipinski definition) is 6. The number of carboxylic acid groups (broad SMARTS) is 1. The van der Waals surface area contributed by atoms with E-state index in [-0.39, 0.29) is 18.7 Å². The highest BCUT2D eigenvalue weighted by Crippen LogP contribution is 2.37. The van der Waals surface area contributed by atoms with Gasteiger partial charge in [-0.05, 0) is 44.4 Å². The zero-order valence-corrected chi connectivity index (χ0v) is 19.8. The Balaban J connectivity index is 0.000000302. The van der Waals surface area contributed by atoms with Gasteiger partial charge in [-0.2, -0.15) is 0 Å². The number of Topliss-reactive ketones (excluding diaryl/α,β-unsaturated/α-hetero) is 1. The number of hydrogen-bond donors (Lipinski definition) is 2. The molecule has 2 heterocycles. The lowest BCUT2D eigenvalue weighted by Gasteiger charge is -2.33. The predicted molar refractivity (Wildman–Crippen MR) is 129 cm³/mol. The second kappa shape index (κ2) is 10.5. The van der Waals surface area contributed by atoms with Gasteiger partial charge in [0.1, 0.15) is 23.2 Å². The number of carbonyl (C=O) groups excluding carboxylic acids is 2. The van der Waals surface area contributed by atoms with Gasteiger partial charge < -0.3 is 14.6 Å². The molecule has 0 unspecified atom stereocenters. The molecule has 8 heteroatoms. The van der Waals surface area contributed by atoms with E-state index in [2.05, 4.69) is 11.4 Å². The lowest BCUT2D eigenvalue weighted by atomic mass is 9.99. The number of aliphatic carboxylic acids is 1. The van der Waals surface area contributed by atoms with Gasteiger partial charge in [0.15, 0.2) is 0 Å². The van der Waals surface area contributed by atoms with Crippen LogP contribution in [0.5, 0.6) is 5.75 Å². The van der Waals surface area contributed by atoms with Crippen molar-refractivity contribution in [3.63, 3.8) is 0 Å². The van der Waals surface area contributed by atoms with Crippen LogP contribution in [0.4, 0.5) is 10.5 Å². The summed E-state index contributed by atoms with van der Waals surface area (Å²) in [5.41, 5.74) is 3.09. The molecule has 2 aromatic carbocycles. The first-order chi connectivity index (χ1) is 16.1. The first-order valence-electron chi connectivity index (χ1n) is 11.0. The van der Waals surface area contributed by atoms with Gasteiger partial charge in [-0.3, -0.25) is 14.9 Å². The van der Waals surface area contributed by atoms with Crippen molar-refractivity contribution >= 4 is 29.2 Å². The first kappa shape index (κ1) is 25.0. The number of carboxylic acids is 1. The minimum absolute atomic E-state index is 0.0256. The summed E-state index contributed by atoms with van der Waals surface area (Å²) in [4.78, 5) is 35.2. The Kier molecular flexibility index (Phi) is 7.73. The van der Waals surface area contributed by atoms with Gasteiger partial charge >= 0.3 is 12.1 Å². The highest BCUT2D eigenvalue weighted by Gasteiger charge is 2.31. The van der Waals surface area contributed by atoms with Crippen LogP contribution in [-0.4, -0.2) is 48.2 Å². The van der Waals surface area contributed by atoms with Crippen molar-refractivity contribution in [2.24, 2.45) is 0 Å². The van der Waals surface area contributed by atoms with E-state index in [1.54, 1.807) is 12.0 Å². The van der Waals surface area contributed by atoms with Gasteiger partial charge in [0, 0.05) is 12.5 Å². The highest BCUT2D eigenvalue weighted by molar-refractivity contribution is 6.04. The van der Waals surface area contributed by atoms with Crippen molar-refractivity contribution in [3.8, 4) is 5.75 Å². The van der Waals surface area contributed by atoms with Crippen LogP contribution in [-0.2, 0) is 20.7 Å². The zero-order valence-electron chi connectivity index (χ0n) is 19.8. The summed E-state index contributed by atoms with van der Waals surface area (Å²) in [5, 5.41) is 10.9. The summed E-state index contributed by atoms with van der Waals surface area (Å²) in [6.45, 7) is 5.81. The van der Waals surface area contributed by atoms with Crippen LogP contribution in [0, 0.1) is 0 Å². The lowest BCUT2D eigenvalue weighted by molar-refractivity contribution is -0.139. The summed E-state index contributed by atoms with van der Waals surface area (Å²) < 4.78 is 11.0. The number of allylic oxidation sites excluding steroid dienone is 1. The van der Waals surface area contributed by atoms with Gasteiger partial charge in [-0.1, -0.05) is 42.5 Å². The minimum Gasteiger partial charge on any atom is -0.497 e. The van der Waals surface area contributed by atoms with Gasteiger partial charge in [-0.15, -0.1) is 0 Å². The molecule has 0 aliphatic carbocycles. The molecule has 2 aliphatic rings. The van der Waals surface area contributed by atoms with Crippen LogP contribution in [0.25, 0.3) is 5.70 Å². The molecule has 0 saturated carbocycles. The third-order valence-electron chi connectivity index (χ3n) is 5.21. The summed E-state index contributed by atoms with van der Waals surface area (Å²) >= 11 is 0. The Morgan fingerprint density at radius 3 is 2.35 bits per heavy atom. The molecule has 1 atom stereocenters. The molecule has 1 amide bonds. The van der Waals surface area contributed by atoms with Gasteiger partial charge in [0.2, 0.25) is 0 Å². The molecule has 4 rings (SSSR count). The number of amides is 1. The molecule has 1 saturated heterocycles. The second-order valence-corrected chi connectivity index (χ2v) is 8.98. The standard InChI is InChI=1S/C21H23NO3.C5H7NO3/c1-21(2,3)25-20(23)22-18(15-8-6-5-7-9-15)13-11-16-10-12-17(24-4)14-19(16)22;7-3-1-4(5(8)9)6-2-3/h5-10,12-14H,11H2,1-4H3;4,6H,1-2H2,(H,8,9)/t;4-/m.0/s1. The number of fused-ring (bicyclic) bond motifs is 1. The predicted octanol–water partition coefficient (Wildman–Crippen LogP) is 4.04. The first-order valence-corrected chi connectivity index (χ1v) is 11.0. The molecular weight excluding hydrogens is 436 g/mol. The second-order valence-electron chi connectivity index (χ2n) is 8.98. The van der Waals surface area contributed by atoms with Crippen LogP contribution < -0.4 is 15.0 Å². The third-order valence-corrected chi connectivity index (χ3v) is 5.21. The van der Waals surface area contributed by atoms with Crippen molar-refractivity contribution in [1.82, 2.24) is 5.32 Å². The van der Waals surface area contributed by atoms with Crippen molar-refractivity contribution in [3.05, 3.63) is 65.7 Å². The van der Waals surface area contributed by atoms with E-state index in [1.807, 2.05) is 69.3 Å². The maximum Gasteiger partial charge on any atom is 0.419 e. The number of ether oxygens (including phenoxy) is 2. The van der Waals surface area contributed by atoms with E-state index < -0.39 is 23.7 Å². The maximum atomic E-state index is 13.0. The van der Waals surface area contributed by atoms with Gasteiger partial charge in [0.25, 0.3) is 0 Å². The molecule has 2 N–H and O–H groups in total. The summed E-state index contributed by atoms with van der Waals surface area (Å²) in [7, 11) is 1.62. The Morgan fingerprint density at radius 1 is 1.12 bits per heavy atom. The molecule has 1 fully saturated rings. The molecule has 2 aliphatic heterocycles. The normalized spacial score (nSPS) is 17.2. The number of ketones is 1. The molecular formula is C26H30N2O6. The van der Waals surface area contributed by atoms with Crippen molar-refractivity contribution < 1.29 is 29.0 Å². The van der Waals surface area contributed by atoms with Crippen molar-refractivity contribution in [1.29, 1.82) is 0 Å². The molecule has 34 heavy (non-hydrogen) atoms. The number of methoxy groups -OCH3 is 1. The summed E-state index contributed by atoms with van der Waals surface area (Å²) in [5.74, 6) is -0.259. The number of anilines is 1. The summed E-state index contributed by atoms with van der Waals surface area (Å²) in [6.07, 6.45) is 2.56. The Morgan fingerprint density at radius 2 is 1.82 bits per heavy atom. The Hall–Kier alpha value is -3.65. The van der Waals surface area contributed by atoms with Crippen LogP contribution in [0.2, 0.25) is 0 Å². The molecule has 0 aromatic heterocycles. The quantitative estimate of drug-likeness (QED) is 0.703. The van der Waals surface area contributed by atoms with Crippen LogP contribution in [0.3, 0.4) is 0 Å². The van der Waals surface area contributed by atoms with E-state index in [1.165, 1.54) is 0 Å². The smallest absolute Gasteiger partial charge is 0.419 e. The SMILES string of the molecule is COc1ccc2c(c1)N(C(=O)OC(C)(C)C)C(c1ccccc1)=CC2.O=C1CN[C@H](C(=O)O)C1. The van der Waals surface area contributed by atoms with Crippen LogP contribution in [0.15, 0.2) is 54.6 Å². The van der Waals surface area contributed by atoms with E-state index in [9.17, 15) is 14.4 Å². The van der Waals surface area contributed by atoms with E-state index in [4.69, 9.17) is 14.6 Å². The van der Waals surface area contributed by atoms with Crippen LogP contribution >= 0.6 is 0 Å². The summed E-state index contributed by atoms with van der Waals surface area (Å²) in [6, 6.07) is 15.0. The topological polar surface area (TPSA) is 105 Å². The molecule has 180 valence electrons. The fourth-order valence-corrected chi connectivity index (χ4v) is 3.62. The molecule has 0 bridgehead atoms. The molecule has 0 radical (unpaired) electrons. The van der Waals surface area contributed by atoms with Crippen LogP contribution in [0.1, 0.15) is 38.3 Å². The lowest BCUT2D eigenvalue weighted by Crippen LogP contribution is -2.37. The van der Waals surface area contributed by atoms with Crippen molar-refractivity contribution in [2.45, 2.75) is 45.3 Å². The molecule has 0 spiro atoms. The van der Waals surface area contributed by atoms with E-state index in [0.29, 0.717) is 5.75 Å². The third kappa shape index (κ3) is 6.23. The Bertz CT molecular complexity index is 1090. The van der Waals surface area contributed by atoms with Gasteiger partial charge in [-0.25, -0.2) is 9.69 Å².